The van der Waals surface area contributed by atoms with Gasteiger partial charge in [-0.05, 0) is 69.4 Å². The molecule has 5 nitrogen and oxygen atoms in total. The second-order valence-electron chi connectivity index (χ2n) is 11.9. The van der Waals surface area contributed by atoms with Gasteiger partial charge in [0.15, 0.2) is 11.6 Å². The van der Waals surface area contributed by atoms with Crippen LogP contribution >= 0.6 is 0 Å². The summed E-state index contributed by atoms with van der Waals surface area (Å²) in [6.07, 6.45) is 0.540. The number of aromatic nitrogens is 1. The fourth-order valence-corrected chi connectivity index (χ4v) is 6.25. The lowest BCUT2D eigenvalue weighted by atomic mass is 9.53. The molecule has 0 aliphatic heterocycles. The number of aromatic amines is 1. The van der Waals surface area contributed by atoms with Crippen molar-refractivity contribution in [2.75, 3.05) is 0 Å². The first kappa shape index (κ1) is 26.6. The summed E-state index contributed by atoms with van der Waals surface area (Å²) < 4.78 is 0. The van der Waals surface area contributed by atoms with Crippen molar-refractivity contribution < 1.29 is 14.4 Å². The molecule has 4 aromatic rings. The highest BCUT2D eigenvalue weighted by molar-refractivity contribution is 6.32. The summed E-state index contributed by atoms with van der Waals surface area (Å²) in [5.74, 6) is -1.51. The molecule has 0 saturated heterocycles. The Hall–Kier alpha value is -3.99. The highest BCUT2D eigenvalue weighted by Gasteiger charge is 2.62. The van der Waals surface area contributed by atoms with Crippen LogP contribution in [-0.4, -0.2) is 28.0 Å². The molecule has 2 N–H and O–H groups in total. The summed E-state index contributed by atoms with van der Waals surface area (Å²) in [5.41, 5.74) is 4.99. The lowest BCUT2D eigenvalue weighted by Gasteiger charge is -2.45. The molecule has 0 spiro atoms. The number of H-pyrrole nitrogens is 1. The van der Waals surface area contributed by atoms with Crippen molar-refractivity contribution in [3.05, 3.63) is 106 Å². The fourth-order valence-electron chi connectivity index (χ4n) is 6.25. The monoisotopic (exact) mass is 520 g/mol. The zero-order valence-electron chi connectivity index (χ0n) is 23.5. The molecule has 1 unspecified atom stereocenters. The van der Waals surface area contributed by atoms with Crippen LogP contribution in [0.2, 0.25) is 0 Å². The standard InChI is InChI=1S/C34H36N2O3/c1-20-12-15-24(16-13-20)34(6)31(38)29(32(34)39)28(23-10-8-7-9-11-23)30-26(19-33(4,5)36-22(3)37)25-17-14-21(2)18-27(25)35-30/h7-18,28-29,35H,19H2,1-6H3,(H,36,37). The molecule has 39 heavy (non-hydrogen) atoms. The topological polar surface area (TPSA) is 79.0 Å². The molecule has 1 fully saturated rings. The van der Waals surface area contributed by atoms with Crippen LogP contribution < -0.4 is 5.32 Å². The minimum atomic E-state index is -1.16. The van der Waals surface area contributed by atoms with Crippen LogP contribution in [0.5, 0.6) is 0 Å². The van der Waals surface area contributed by atoms with Crippen LogP contribution in [-0.2, 0) is 26.2 Å². The number of rotatable bonds is 7. The van der Waals surface area contributed by atoms with Crippen molar-refractivity contribution in [3.8, 4) is 0 Å². The Balaban J connectivity index is 1.67. The highest BCUT2D eigenvalue weighted by Crippen LogP contribution is 2.50. The van der Waals surface area contributed by atoms with E-state index in [0.717, 1.165) is 44.4 Å². The van der Waals surface area contributed by atoms with Crippen molar-refractivity contribution in [1.29, 1.82) is 0 Å². The smallest absolute Gasteiger partial charge is 0.217 e. The third-order valence-corrected chi connectivity index (χ3v) is 8.21. The Morgan fingerprint density at radius 2 is 1.56 bits per heavy atom. The van der Waals surface area contributed by atoms with E-state index >= 15 is 0 Å². The van der Waals surface area contributed by atoms with Crippen LogP contribution in [0.1, 0.15) is 67.1 Å². The Morgan fingerprint density at radius 1 is 0.949 bits per heavy atom. The first-order chi connectivity index (χ1) is 18.4. The van der Waals surface area contributed by atoms with Crippen LogP contribution in [0, 0.1) is 19.8 Å². The van der Waals surface area contributed by atoms with Gasteiger partial charge in [0.25, 0.3) is 0 Å². The summed E-state index contributed by atoms with van der Waals surface area (Å²) in [7, 11) is 0. The fraction of sp³-hybridized carbons (Fsp3) is 0.324. The predicted molar refractivity (Wildman–Crippen MR) is 155 cm³/mol. The van der Waals surface area contributed by atoms with E-state index in [2.05, 4.69) is 28.5 Å². The van der Waals surface area contributed by atoms with Gasteiger partial charge in [0, 0.05) is 35.0 Å². The molecule has 1 atom stereocenters. The molecular weight excluding hydrogens is 484 g/mol. The van der Waals surface area contributed by atoms with Crippen molar-refractivity contribution >= 4 is 28.4 Å². The average Bonchev–Trinajstić information content (AvgIpc) is 3.22. The second kappa shape index (κ2) is 9.64. The van der Waals surface area contributed by atoms with Gasteiger partial charge < -0.3 is 10.3 Å². The van der Waals surface area contributed by atoms with Gasteiger partial charge in [-0.3, -0.25) is 14.4 Å². The van der Waals surface area contributed by atoms with E-state index in [-0.39, 0.29) is 17.5 Å². The summed E-state index contributed by atoms with van der Waals surface area (Å²) in [6.45, 7) is 11.3. The number of fused-ring (bicyclic) bond motifs is 1. The van der Waals surface area contributed by atoms with Gasteiger partial charge in [-0.25, -0.2) is 0 Å². The zero-order valence-corrected chi connectivity index (χ0v) is 23.5. The van der Waals surface area contributed by atoms with Gasteiger partial charge in [-0.15, -0.1) is 0 Å². The number of amides is 1. The van der Waals surface area contributed by atoms with E-state index in [0.29, 0.717) is 6.42 Å². The van der Waals surface area contributed by atoms with Gasteiger partial charge in [-0.1, -0.05) is 72.3 Å². The van der Waals surface area contributed by atoms with Crippen LogP contribution in [0.25, 0.3) is 10.9 Å². The number of benzene rings is 3. The SMILES string of the molecule is CC(=O)NC(C)(C)Cc1c(C(c2ccccc2)C2C(=O)C(C)(c3ccc(C)cc3)C2=O)[nH]c2cc(C)ccc12. The lowest BCUT2D eigenvalue weighted by Crippen LogP contribution is -2.62. The molecule has 1 aliphatic rings. The molecule has 1 aromatic heterocycles. The number of carbonyl (C=O) groups is 3. The number of carbonyl (C=O) groups excluding carboxylic acids is 3. The number of hydrogen-bond acceptors (Lipinski definition) is 3. The largest absolute Gasteiger partial charge is 0.358 e. The lowest BCUT2D eigenvalue weighted by molar-refractivity contribution is -0.153. The van der Waals surface area contributed by atoms with E-state index < -0.39 is 22.8 Å². The molecule has 1 heterocycles. The number of nitrogens with one attached hydrogen (secondary N) is 2. The normalized spacial score (nSPS) is 20.1. The van der Waals surface area contributed by atoms with Crippen LogP contribution in [0.15, 0.2) is 72.8 Å². The third-order valence-electron chi connectivity index (χ3n) is 8.21. The third kappa shape index (κ3) is 4.60. The first-order valence-electron chi connectivity index (χ1n) is 13.5. The highest BCUT2D eigenvalue weighted by atomic mass is 16.2. The molecule has 200 valence electrons. The van der Waals surface area contributed by atoms with Gasteiger partial charge in [0.05, 0.1) is 5.92 Å². The quantitative estimate of drug-likeness (QED) is 0.289. The molecule has 0 bridgehead atoms. The average molecular weight is 521 g/mol. The summed E-state index contributed by atoms with van der Waals surface area (Å²) in [4.78, 5) is 43.8. The number of ketones is 2. The van der Waals surface area contributed by atoms with Gasteiger partial charge in [0.2, 0.25) is 5.91 Å². The zero-order chi connectivity index (χ0) is 28.1. The molecule has 3 aromatic carbocycles. The second-order valence-corrected chi connectivity index (χ2v) is 11.9. The molecule has 1 amide bonds. The minimum absolute atomic E-state index is 0.0629. The minimum Gasteiger partial charge on any atom is -0.358 e. The number of aryl methyl sites for hydroxylation is 2. The van der Waals surface area contributed by atoms with E-state index in [1.807, 2.05) is 82.3 Å². The maximum atomic E-state index is 14.1. The molecule has 0 radical (unpaired) electrons. The van der Waals surface area contributed by atoms with Crippen molar-refractivity contribution in [3.63, 3.8) is 0 Å². The van der Waals surface area contributed by atoms with Gasteiger partial charge in [-0.2, -0.15) is 0 Å². The van der Waals surface area contributed by atoms with Crippen LogP contribution in [0.4, 0.5) is 0 Å². The summed E-state index contributed by atoms with van der Waals surface area (Å²) >= 11 is 0. The van der Waals surface area contributed by atoms with Crippen molar-refractivity contribution in [1.82, 2.24) is 10.3 Å². The Bertz CT molecular complexity index is 1560. The van der Waals surface area contributed by atoms with Crippen molar-refractivity contribution in [2.45, 2.75) is 64.8 Å². The van der Waals surface area contributed by atoms with E-state index in [9.17, 15) is 14.4 Å². The van der Waals surface area contributed by atoms with E-state index in [1.54, 1.807) is 6.92 Å². The summed E-state index contributed by atoms with van der Waals surface area (Å²) in [5, 5.41) is 4.10. The van der Waals surface area contributed by atoms with Gasteiger partial charge >= 0.3 is 0 Å². The summed E-state index contributed by atoms with van der Waals surface area (Å²) in [6, 6.07) is 23.8. The molecule has 1 saturated carbocycles. The number of Topliss-reactive ketones (excluding diaryl/α,β-unsaturated/α-hetero) is 2. The number of hydrogen-bond donors (Lipinski definition) is 2. The predicted octanol–water partition coefficient (Wildman–Crippen LogP) is 6.10. The molecular formula is C34H36N2O3. The molecule has 1 aliphatic carbocycles. The Morgan fingerprint density at radius 3 is 2.18 bits per heavy atom. The van der Waals surface area contributed by atoms with Crippen LogP contribution in [0.3, 0.4) is 0 Å². The van der Waals surface area contributed by atoms with Gasteiger partial charge in [0.1, 0.15) is 5.41 Å². The maximum Gasteiger partial charge on any atom is 0.217 e. The maximum absolute atomic E-state index is 14.1. The van der Waals surface area contributed by atoms with Crippen molar-refractivity contribution in [2.24, 2.45) is 5.92 Å². The Kier molecular flexibility index (Phi) is 6.58. The molecule has 5 heteroatoms. The van der Waals surface area contributed by atoms with E-state index in [4.69, 9.17) is 0 Å². The Labute approximate surface area is 230 Å². The molecule has 5 rings (SSSR count). The first-order valence-corrected chi connectivity index (χ1v) is 13.5. The van der Waals surface area contributed by atoms with E-state index in [1.165, 1.54) is 6.92 Å².